The Kier molecular flexibility index (Phi) is 2.71. The van der Waals surface area contributed by atoms with Crippen LogP contribution in [-0.4, -0.2) is 26.4 Å². The smallest absolute Gasteiger partial charge is 0.135 e. The molecule has 4 heterocycles. The van der Waals surface area contributed by atoms with Crippen LogP contribution in [-0.2, 0) is 25.9 Å². The number of hydrogen-bond donors (Lipinski definition) is 0. The fraction of sp³-hybridized carbons (Fsp3) is 0.500. The first-order chi connectivity index (χ1) is 10.1. The molecule has 2 aromatic rings. The third kappa shape index (κ3) is 1.91. The van der Waals surface area contributed by atoms with Gasteiger partial charge >= 0.3 is 0 Å². The molecule has 4 rings (SSSR count). The first-order valence-electron chi connectivity index (χ1n) is 7.56. The normalized spacial score (nSPS) is 20.5. The van der Waals surface area contributed by atoms with Crippen molar-refractivity contribution in [1.82, 2.24) is 19.8 Å². The fourth-order valence-electron chi connectivity index (χ4n) is 3.48. The van der Waals surface area contributed by atoms with E-state index in [0.29, 0.717) is 5.92 Å². The zero-order valence-electron chi connectivity index (χ0n) is 12.6. The number of nitrogens with zero attached hydrogens (tertiary/aromatic N) is 4. The van der Waals surface area contributed by atoms with Crippen molar-refractivity contribution in [1.29, 1.82) is 0 Å². The Balaban J connectivity index is 1.87. The Hall–Kier alpha value is -2.04. The molecule has 0 saturated carbocycles. The summed E-state index contributed by atoms with van der Waals surface area (Å²) in [4.78, 5) is 2.32. The summed E-state index contributed by atoms with van der Waals surface area (Å²) < 4.78 is 7.39. The van der Waals surface area contributed by atoms with E-state index in [1.54, 1.807) is 6.26 Å². The predicted octanol–water partition coefficient (Wildman–Crippen LogP) is 2.62. The van der Waals surface area contributed by atoms with Gasteiger partial charge in [-0.2, -0.15) is 5.10 Å². The lowest BCUT2D eigenvalue weighted by molar-refractivity contribution is 0.323. The van der Waals surface area contributed by atoms with Crippen molar-refractivity contribution < 1.29 is 4.52 Å². The number of fused-ring (bicyclic) bond motifs is 5. The molecule has 0 bridgehead atoms. The Morgan fingerprint density at radius 2 is 2.33 bits per heavy atom. The van der Waals surface area contributed by atoms with Gasteiger partial charge < -0.3 is 9.42 Å². The molecule has 5 nitrogen and oxygen atoms in total. The zero-order chi connectivity index (χ0) is 14.6. The predicted molar refractivity (Wildman–Crippen MR) is 79.5 cm³/mol. The van der Waals surface area contributed by atoms with Crippen molar-refractivity contribution in [2.75, 3.05) is 6.54 Å². The SMILES string of the molecule is C=C(C)N1CCc2nn3c(c2C1)-c1nocc1CC(C)C3. The average Bonchev–Trinajstić information content (AvgIpc) is 2.98. The minimum atomic E-state index is 0.544. The molecule has 0 spiro atoms. The van der Waals surface area contributed by atoms with Gasteiger partial charge in [0, 0.05) is 42.9 Å². The summed E-state index contributed by atoms with van der Waals surface area (Å²) in [6.45, 7) is 11.2. The molecule has 2 aromatic heterocycles. The molecule has 0 N–H and O–H groups in total. The minimum Gasteiger partial charge on any atom is -0.371 e. The van der Waals surface area contributed by atoms with Crippen molar-refractivity contribution in [2.24, 2.45) is 5.92 Å². The van der Waals surface area contributed by atoms with Crippen LogP contribution in [0.4, 0.5) is 0 Å². The third-order valence-electron chi connectivity index (χ3n) is 4.56. The minimum absolute atomic E-state index is 0.544. The summed E-state index contributed by atoms with van der Waals surface area (Å²) in [6, 6.07) is 0. The van der Waals surface area contributed by atoms with E-state index in [0.717, 1.165) is 49.6 Å². The van der Waals surface area contributed by atoms with Crippen LogP contribution in [0.2, 0.25) is 0 Å². The van der Waals surface area contributed by atoms with Gasteiger partial charge in [0.2, 0.25) is 0 Å². The van der Waals surface area contributed by atoms with Gasteiger partial charge in [0.05, 0.1) is 11.4 Å². The first-order valence-corrected chi connectivity index (χ1v) is 7.56. The quantitative estimate of drug-likeness (QED) is 0.807. The van der Waals surface area contributed by atoms with Gasteiger partial charge in [0.25, 0.3) is 0 Å². The van der Waals surface area contributed by atoms with E-state index < -0.39 is 0 Å². The second-order valence-corrected chi connectivity index (χ2v) is 6.36. The third-order valence-corrected chi connectivity index (χ3v) is 4.56. The summed E-state index contributed by atoms with van der Waals surface area (Å²) >= 11 is 0. The summed E-state index contributed by atoms with van der Waals surface area (Å²) in [6.07, 6.45) is 3.77. The molecule has 0 saturated heterocycles. The topological polar surface area (TPSA) is 47.1 Å². The van der Waals surface area contributed by atoms with E-state index in [1.807, 2.05) is 0 Å². The Labute approximate surface area is 124 Å². The van der Waals surface area contributed by atoms with E-state index in [4.69, 9.17) is 9.62 Å². The van der Waals surface area contributed by atoms with E-state index in [9.17, 15) is 0 Å². The summed E-state index contributed by atoms with van der Waals surface area (Å²) in [5, 5.41) is 9.12. The molecule has 2 aliphatic rings. The maximum absolute atomic E-state index is 5.24. The van der Waals surface area contributed by atoms with Crippen LogP contribution in [0.15, 0.2) is 23.1 Å². The van der Waals surface area contributed by atoms with Crippen molar-refractivity contribution >= 4 is 0 Å². The number of allylic oxidation sites excluding steroid dienone is 1. The average molecular weight is 284 g/mol. The van der Waals surface area contributed by atoms with Gasteiger partial charge in [-0.15, -0.1) is 0 Å². The van der Waals surface area contributed by atoms with E-state index in [2.05, 4.69) is 35.2 Å². The molecule has 0 amide bonds. The highest BCUT2D eigenvalue weighted by atomic mass is 16.5. The Morgan fingerprint density at radius 1 is 1.48 bits per heavy atom. The van der Waals surface area contributed by atoms with Gasteiger partial charge in [-0.25, -0.2) is 0 Å². The Morgan fingerprint density at radius 3 is 3.14 bits per heavy atom. The van der Waals surface area contributed by atoms with Crippen LogP contribution in [0.25, 0.3) is 11.4 Å². The lowest BCUT2D eigenvalue weighted by atomic mass is 9.99. The second kappa shape index (κ2) is 4.48. The maximum atomic E-state index is 5.24. The van der Waals surface area contributed by atoms with Crippen LogP contribution >= 0.6 is 0 Å². The second-order valence-electron chi connectivity index (χ2n) is 6.36. The molecule has 0 fully saturated rings. The fourth-order valence-corrected chi connectivity index (χ4v) is 3.48. The first kappa shape index (κ1) is 12.7. The largest absolute Gasteiger partial charge is 0.371 e. The Bertz CT molecular complexity index is 712. The van der Waals surface area contributed by atoms with Crippen molar-refractivity contribution in [3.05, 3.63) is 35.4 Å². The maximum Gasteiger partial charge on any atom is 0.135 e. The molecular formula is C16H20N4O. The number of hydrogen-bond acceptors (Lipinski definition) is 4. The molecule has 110 valence electrons. The van der Waals surface area contributed by atoms with Crippen molar-refractivity contribution in [3.63, 3.8) is 0 Å². The summed E-state index contributed by atoms with van der Waals surface area (Å²) in [7, 11) is 0. The van der Waals surface area contributed by atoms with Gasteiger partial charge in [0.1, 0.15) is 12.0 Å². The van der Waals surface area contributed by atoms with Gasteiger partial charge in [-0.3, -0.25) is 4.68 Å². The summed E-state index contributed by atoms with van der Waals surface area (Å²) in [5.74, 6) is 0.544. The van der Waals surface area contributed by atoms with E-state index in [-0.39, 0.29) is 0 Å². The highest BCUT2D eigenvalue weighted by Crippen LogP contribution is 2.36. The van der Waals surface area contributed by atoms with Crippen LogP contribution < -0.4 is 0 Å². The van der Waals surface area contributed by atoms with Gasteiger partial charge in [-0.05, 0) is 19.3 Å². The molecule has 0 radical (unpaired) electrons. The molecule has 0 aromatic carbocycles. The highest BCUT2D eigenvalue weighted by Gasteiger charge is 2.30. The monoisotopic (exact) mass is 284 g/mol. The number of rotatable bonds is 1. The lowest BCUT2D eigenvalue weighted by Gasteiger charge is -2.28. The molecule has 21 heavy (non-hydrogen) atoms. The molecular weight excluding hydrogens is 264 g/mol. The molecule has 0 aliphatic carbocycles. The molecule has 1 unspecified atom stereocenters. The van der Waals surface area contributed by atoms with Crippen LogP contribution in [0.5, 0.6) is 0 Å². The van der Waals surface area contributed by atoms with Crippen molar-refractivity contribution in [3.8, 4) is 11.4 Å². The lowest BCUT2D eigenvalue weighted by Crippen LogP contribution is -2.28. The van der Waals surface area contributed by atoms with Crippen molar-refractivity contribution in [2.45, 2.75) is 39.8 Å². The highest BCUT2D eigenvalue weighted by molar-refractivity contribution is 5.65. The van der Waals surface area contributed by atoms with Crippen LogP contribution in [0.1, 0.15) is 30.7 Å². The molecule has 5 heteroatoms. The van der Waals surface area contributed by atoms with E-state index in [1.165, 1.54) is 16.8 Å². The summed E-state index contributed by atoms with van der Waals surface area (Å²) in [5.41, 5.74) is 6.97. The molecule has 1 atom stereocenters. The van der Waals surface area contributed by atoms with E-state index >= 15 is 0 Å². The van der Waals surface area contributed by atoms with Crippen LogP contribution in [0, 0.1) is 5.92 Å². The standard InChI is InChI=1S/C16H20N4O/c1-10(2)19-5-4-14-13(8-19)16-15-12(9-21-18-15)6-11(3)7-20(16)17-14/h9,11H,1,4-8H2,2-3H3. The van der Waals surface area contributed by atoms with Crippen LogP contribution in [0.3, 0.4) is 0 Å². The zero-order valence-corrected chi connectivity index (χ0v) is 12.6. The molecule has 2 aliphatic heterocycles. The number of aromatic nitrogens is 3. The van der Waals surface area contributed by atoms with Gasteiger partial charge in [0.15, 0.2) is 0 Å². The van der Waals surface area contributed by atoms with Gasteiger partial charge in [-0.1, -0.05) is 18.7 Å².